The smallest absolute Gasteiger partial charge is 0.198 e. The minimum atomic E-state index is 0.703. The lowest BCUT2D eigenvalue weighted by molar-refractivity contribution is 0.585. The first kappa shape index (κ1) is 6.03. The van der Waals surface area contributed by atoms with Crippen LogP contribution in [0.1, 0.15) is 0 Å². The Kier molecular flexibility index (Phi) is 1.37. The van der Waals surface area contributed by atoms with Gasteiger partial charge in [-0.1, -0.05) is 0 Å². The summed E-state index contributed by atoms with van der Waals surface area (Å²) >= 11 is 0. The summed E-state index contributed by atoms with van der Waals surface area (Å²) in [4.78, 5) is 0. The zero-order valence-corrected chi connectivity index (χ0v) is 5.74. The van der Waals surface area contributed by atoms with Crippen LogP contribution in [0, 0.1) is 0 Å². The SMILES string of the molecule is c1coc(Nc2ccn[nH]2)c1. The van der Waals surface area contributed by atoms with E-state index < -0.39 is 0 Å². The van der Waals surface area contributed by atoms with E-state index in [-0.39, 0.29) is 0 Å². The van der Waals surface area contributed by atoms with Gasteiger partial charge in [0.05, 0.1) is 12.5 Å². The van der Waals surface area contributed by atoms with Crippen molar-refractivity contribution in [2.24, 2.45) is 0 Å². The molecule has 2 heterocycles. The van der Waals surface area contributed by atoms with E-state index in [4.69, 9.17) is 4.42 Å². The molecule has 0 spiro atoms. The summed E-state index contributed by atoms with van der Waals surface area (Å²) in [6.45, 7) is 0. The number of furan rings is 1. The standard InChI is InChI=1S/C7H7N3O/c1-2-7(11-5-1)9-6-3-4-8-10-6/h1-5H,(H2,8,9,10). The maximum atomic E-state index is 5.05. The first-order valence-corrected chi connectivity index (χ1v) is 3.25. The third-order valence-corrected chi connectivity index (χ3v) is 1.28. The van der Waals surface area contributed by atoms with Gasteiger partial charge in [-0.2, -0.15) is 5.10 Å². The predicted molar refractivity (Wildman–Crippen MR) is 40.6 cm³/mol. The van der Waals surface area contributed by atoms with Gasteiger partial charge in [0.25, 0.3) is 0 Å². The number of H-pyrrole nitrogens is 1. The van der Waals surface area contributed by atoms with Gasteiger partial charge >= 0.3 is 0 Å². The molecule has 0 amide bonds. The fourth-order valence-corrected chi connectivity index (χ4v) is 0.808. The Labute approximate surface area is 63.2 Å². The van der Waals surface area contributed by atoms with Crippen molar-refractivity contribution in [1.82, 2.24) is 10.2 Å². The molecule has 2 rings (SSSR count). The summed E-state index contributed by atoms with van der Waals surface area (Å²) < 4.78 is 5.05. The molecule has 2 aromatic rings. The van der Waals surface area contributed by atoms with Crippen molar-refractivity contribution in [3.05, 3.63) is 30.7 Å². The Bertz CT molecular complexity index is 266. The molecule has 0 fully saturated rings. The first-order valence-electron chi connectivity index (χ1n) is 3.25. The van der Waals surface area contributed by atoms with E-state index in [2.05, 4.69) is 15.5 Å². The van der Waals surface area contributed by atoms with Gasteiger partial charge < -0.3 is 9.73 Å². The topological polar surface area (TPSA) is 53.9 Å². The van der Waals surface area contributed by atoms with Crippen molar-refractivity contribution in [3.8, 4) is 0 Å². The van der Waals surface area contributed by atoms with E-state index in [0.717, 1.165) is 5.82 Å². The molecule has 0 atom stereocenters. The highest BCUT2D eigenvalue weighted by atomic mass is 16.3. The zero-order valence-electron chi connectivity index (χ0n) is 5.74. The molecule has 4 nitrogen and oxygen atoms in total. The molecule has 0 aliphatic carbocycles. The number of anilines is 2. The minimum absolute atomic E-state index is 0.703. The molecule has 2 aromatic heterocycles. The second-order valence-corrected chi connectivity index (χ2v) is 2.07. The molecule has 11 heavy (non-hydrogen) atoms. The zero-order chi connectivity index (χ0) is 7.52. The third kappa shape index (κ3) is 1.24. The van der Waals surface area contributed by atoms with Gasteiger partial charge in [-0.25, -0.2) is 0 Å². The summed E-state index contributed by atoms with van der Waals surface area (Å²) in [6, 6.07) is 5.47. The summed E-state index contributed by atoms with van der Waals surface area (Å²) in [5, 5.41) is 9.51. The van der Waals surface area contributed by atoms with Crippen molar-refractivity contribution < 1.29 is 4.42 Å². The largest absolute Gasteiger partial charge is 0.449 e. The van der Waals surface area contributed by atoms with Crippen molar-refractivity contribution in [2.45, 2.75) is 0 Å². The van der Waals surface area contributed by atoms with Gasteiger partial charge in [-0.3, -0.25) is 5.10 Å². The van der Waals surface area contributed by atoms with Crippen LogP contribution in [0.2, 0.25) is 0 Å². The Hall–Kier alpha value is -1.71. The number of rotatable bonds is 2. The van der Waals surface area contributed by atoms with E-state index in [9.17, 15) is 0 Å². The Morgan fingerprint density at radius 2 is 2.45 bits per heavy atom. The monoisotopic (exact) mass is 149 g/mol. The van der Waals surface area contributed by atoms with Crippen LogP contribution in [0.25, 0.3) is 0 Å². The molecule has 0 saturated carbocycles. The minimum Gasteiger partial charge on any atom is -0.449 e. The molecule has 0 aliphatic heterocycles. The van der Waals surface area contributed by atoms with E-state index in [0.29, 0.717) is 5.88 Å². The van der Waals surface area contributed by atoms with Gasteiger partial charge in [-0.15, -0.1) is 0 Å². The Morgan fingerprint density at radius 3 is 3.09 bits per heavy atom. The van der Waals surface area contributed by atoms with E-state index >= 15 is 0 Å². The second kappa shape index (κ2) is 2.49. The van der Waals surface area contributed by atoms with Gasteiger partial charge in [0.15, 0.2) is 5.88 Å². The highest BCUT2D eigenvalue weighted by molar-refractivity contribution is 5.48. The number of aromatic amines is 1. The van der Waals surface area contributed by atoms with Crippen molar-refractivity contribution in [3.63, 3.8) is 0 Å². The fraction of sp³-hybridized carbons (Fsp3) is 0. The summed E-state index contributed by atoms with van der Waals surface area (Å²) in [6.07, 6.45) is 3.28. The molecule has 2 N–H and O–H groups in total. The average molecular weight is 149 g/mol. The third-order valence-electron chi connectivity index (χ3n) is 1.28. The van der Waals surface area contributed by atoms with Crippen molar-refractivity contribution in [1.29, 1.82) is 0 Å². The molecule has 4 heteroatoms. The van der Waals surface area contributed by atoms with Gasteiger partial charge in [0.1, 0.15) is 5.82 Å². The number of aromatic nitrogens is 2. The highest BCUT2D eigenvalue weighted by Crippen LogP contribution is 2.12. The number of hydrogen-bond acceptors (Lipinski definition) is 3. The quantitative estimate of drug-likeness (QED) is 0.683. The second-order valence-electron chi connectivity index (χ2n) is 2.07. The Morgan fingerprint density at radius 1 is 1.45 bits per heavy atom. The lowest BCUT2D eigenvalue weighted by Gasteiger charge is -1.95. The van der Waals surface area contributed by atoms with Gasteiger partial charge in [0, 0.05) is 12.1 Å². The van der Waals surface area contributed by atoms with E-state index in [1.165, 1.54) is 0 Å². The maximum absolute atomic E-state index is 5.05. The molecular formula is C7H7N3O. The van der Waals surface area contributed by atoms with Crippen LogP contribution in [0.4, 0.5) is 11.7 Å². The first-order chi connectivity index (χ1) is 5.45. The van der Waals surface area contributed by atoms with Crippen LogP contribution >= 0.6 is 0 Å². The normalized spacial score (nSPS) is 9.82. The van der Waals surface area contributed by atoms with Crippen LogP contribution in [0.5, 0.6) is 0 Å². The molecule has 0 aliphatic rings. The summed E-state index contributed by atoms with van der Waals surface area (Å²) in [7, 11) is 0. The Balaban J connectivity index is 2.14. The van der Waals surface area contributed by atoms with Crippen molar-refractivity contribution in [2.75, 3.05) is 5.32 Å². The van der Waals surface area contributed by atoms with Crippen LogP contribution < -0.4 is 5.32 Å². The van der Waals surface area contributed by atoms with Gasteiger partial charge in [-0.05, 0) is 6.07 Å². The van der Waals surface area contributed by atoms with Crippen LogP contribution in [0.3, 0.4) is 0 Å². The molecule has 0 unspecified atom stereocenters. The average Bonchev–Trinajstić information content (AvgIpc) is 2.60. The molecule has 0 saturated heterocycles. The predicted octanol–water partition coefficient (Wildman–Crippen LogP) is 1.75. The van der Waals surface area contributed by atoms with Crippen LogP contribution in [-0.2, 0) is 0 Å². The van der Waals surface area contributed by atoms with Crippen LogP contribution in [-0.4, -0.2) is 10.2 Å². The molecular weight excluding hydrogens is 142 g/mol. The summed E-state index contributed by atoms with van der Waals surface area (Å²) in [5.41, 5.74) is 0. The number of nitrogens with one attached hydrogen (secondary N) is 2. The molecule has 0 bridgehead atoms. The molecule has 0 radical (unpaired) electrons. The maximum Gasteiger partial charge on any atom is 0.198 e. The van der Waals surface area contributed by atoms with E-state index in [1.807, 2.05) is 18.2 Å². The highest BCUT2D eigenvalue weighted by Gasteiger charge is 1.94. The lowest BCUT2D eigenvalue weighted by Crippen LogP contribution is -1.87. The fourth-order valence-electron chi connectivity index (χ4n) is 0.808. The summed E-state index contributed by atoms with van der Waals surface area (Å²) in [5.74, 6) is 1.52. The molecule has 0 aromatic carbocycles. The van der Waals surface area contributed by atoms with Gasteiger partial charge in [0.2, 0.25) is 0 Å². The van der Waals surface area contributed by atoms with Crippen molar-refractivity contribution >= 4 is 11.7 Å². The van der Waals surface area contributed by atoms with Crippen LogP contribution in [0.15, 0.2) is 35.1 Å². The number of nitrogens with zero attached hydrogens (tertiary/aromatic N) is 1. The lowest BCUT2D eigenvalue weighted by atomic mass is 10.6. The van der Waals surface area contributed by atoms with E-state index in [1.54, 1.807) is 12.5 Å². The number of hydrogen-bond donors (Lipinski definition) is 2. The molecule has 56 valence electrons.